The Balaban J connectivity index is 1.93. The minimum absolute atomic E-state index is 0.101. The van der Waals surface area contributed by atoms with Crippen molar-refractivity contribution in [1.82, 2.24) is 9.80 Å². The number of halogens is 3. The molecule has 0 spiro atoms. The molecule has 1 aromatic carbocycles. The fourth-order valence-corrected chi connectivity index (χ4v) is 2.31. The smallest absolute Gasteiger partial charge is 0.283 e. The van der Waals surface area contributed by atoms with Gasteiger partial charge in [-0.1, -0.05) is 0 Å². The predicted octanol–water partition coefficient (Wildman–Crippen LogP) is 0.917. The molecule has 0 aliphatic carbocycles. The van der Waals surface area contributed by atoms with Crippen LogP contribution in [0.25, 0.3) is 0 Å². The molecule has 8 heteroatoms. The molecule has 1 fully saturated rings. The van der Waals surface area contributed by atoms with Crippen LogP contribution >= 0.6 is 0 Å². The minimum atomic E-state index is -3.16. The summed E-state index contributed by atoms with van der Waals surface area (Å²) >= 11 is 0. The summed E-state index contributed by atoms with van der Waals surface area (Å²) in [4.78, 5) is 15.1. The van der Waals surface area contributed by atoms with Crippen molar-refractivity contribution in [2.24, 2.45) is 0 Å². The zero-order chi connectivity index (χ0) is 16.3. The monoisotopic (exact) mass is 318 g/mol. The normalized spacial score (nSPS) is 16.8. The second kappa shape index (κ2) is 6.53. The van der Waals surface area contributed by atoms with Crippen molar-refractivity contribution in [3.05, 3.63) is 29.6 Å². The number of alkyl halides is 2. The highest BCUT2D eigenvalue weighted by Crippen LogP contribution is 2.19. The first-order valence-electron chi connectivity index (χ1n) is 6.81. The highest BCUT2D eigenvalue weighted by atomic mass is 19.3. The van der Waals surface area contributed by atoms with Gasteiger partial charge in [-0.2, -0.15) is 0 Å². The molecular formula is C14H17F3N2O3. The Kier molecular flexibility index (Phi) is 4.92. The van der Waals surface area contributed by atoms with Crippen LogP contribution in [0.5, 0.6) is 5.75 Å². The molecule has 0 bridgehead atoms. The first-order chi connectivity index (χ1) is 10.3. The van der Waals surface area contributed by atoms with E-state index in [1.807, 2.05) is 0 Å². The Morgan fingerprint density at radius 1 is 1.23 bits per heavy atom. The van der Waals surface area contributed by atoms with Gasteiger partial charge in [0.25, 0.3) is 11.8 Å². The number of hydrogen-bond acceptors (Lipinski definition) is 4. The van der Waals surface area contributed by atoms with E-state index in [-0.39, 0.29) is 31.7 Å². The van der Waals surface area contributed by atoms with Gasteiger partial charge in [0.05, 0.1) is 6.54 Å². The third kappa shape index (κ3) is 3.89. The summed E-state index contributed by atoms with van der Waals surface area (Å²) in [5, 5.41) is 17.7. The van der Waals surface area contributed by atoms with Crippen LogP contribution in [0, 0.1) is 5.82 Å². The largest absolute Gasteiger partial charge is 0.505 e. The van der Waals surface area contributed by atoms with Crippen molar-refractivity contribution in [1.29, 1.82) is 0 Å². The van der Waals surface area contributed by atoms with Gasteiger partial charge in [-0.3, -0.25) is 9.69 Å². The second-order valence-electron chi connectivity index (χ2n) is 5.25. The molecule has 1 heterocycles. The van der Waals surface area contributed by atoms with E-state index in [9.17, 15) is 18.0 Å². The Labute approximate surface area is 125 Å². The number of rotatable bonds is 4. The van der Waals surface area contributed by atoms with Gasteiger partial charge in [-0.25, -0.2) is 13.2 Å². The summed E-state index contributed by atoms with van der Waals surface area (Å²) in [6.45, 7) is -0.784. The SMILES string of the molecule is O=C(c1ccc(O)c(F)c1)N1CCN(CC(F)(F)CO)CC1. The van der Waals surface area contributed by atoms with Crippen molar-refractivity contribution in [3.63, 3.8) is 0 Å². The van der Waals surface area contributed by atoms with Crippen LogP contribution in [0.15, 0.2) is 18.2 Å². The number of piperazine rings is 1. The summed E-state index contributed by atoms with van der Waals surface area (Å²) in [6, 6.07) is 3.36. The quantitative estimate of drug-likeness (QED) is 0.866. The van der Waals surface area contributed by atoms with Gasteiger partial charge in [-0.15, -0.1) is 0 Å². The lowest BCUT2D eigenvalue weighted by atomic mass is 10.1. The molecule has 1 aliphatic heterocycles. The van der Waals surface area contributed by atoms with Gasteiger partial charge in [0, 0.05) is 31.7 Å². The zero-order valence-electron chi connectivity index (χ0n) is 11.8. The number of nitrogens with zero attached hydrogens (tertiary/aromatic N) is 2. The van der Waals surface area contributed by atoms with Crippen LogP contribution in [0.1, 0.15) is 10.4 Å². The predicted molar refractivity (Wildman–Crippen MR) is 72.4 cm³/mol. The molecule has 5 nitrogen and oxygen atoms in total. The van der Waals surface area contributed by atoms with E-state index in [1.165, 1.54) is 15.9 Å². The highest BCUT2D eigenvalue weighted by molar-refractivity contribution is 5.94. The van der Waals surface area contributed by atoms with E-state index in [0.29, 0.717) is 0 Å². The van der Waals surface area contributed by atoms with Crippen molar-refractivity contribution < 1.29 is 28.2 Å². The summed E-state index contributed by atoms with van der Waals surface area (Å²) in [6.07, 6.45) is 0. The first-order valence-corrected chi connectivity index (χ1v) is 6.81. The van der Waals surface area contributed by atoms with Crippen LogP contribution in [0.2, 0.25) is 0 Å². The van der Waals surface area contributed by atoms with E-state index < -0.39 is 36.5 Å². The maximum absolute atomic E-state index is 13.3. The van der Waals surface area contributed by atoms with Gasteiger partial charge in [0.1, 0.15) is 6.61 Å². The molecule has 1 aromatic rings. The number of aliphatic hydroxyl groups is 1. The Morgan fingerprint density at radius 2 is 1.86 bits per heavy atom. The molecule has 0 aromatic heterocycles. The van der Waals surface area contributed by atoms with Crippen LogP contribution in [0.3, 0.4) is 0 Å². The van der Waals surface area contributed by atoms with Crippen molar-refractivity contribution >= 4 is 5.91 Å². The fraction of sp³-hybridized carbons (Fsp3) is 0.500. The summed E-state index contributed by atoms with van der Waals surface area (Å²) in [7, 11) is 0. The average molecular weight is 318 g/mol. The molecule has 0 radical (unpaired) electrons. The molecule has 2 N–H and O–H groups in total. The number of aliphatic hydroxyl groups excluding tert-OH is 1. The lowest BCUT2D eigenvalue weighted by molar-refractivity contribution is -0.0773. The van der Waals surface area contributed by atoms with Crippen molar-refractivity contribution in [3.8, 4) is 5.75 Å². The van der Waals surface area contributed by atoms with E-state index in [2.05, 4.69) is 0 Å². The number of amides is 1. The van der Waals surface area contributed by atoms with Gasteiger partial charge >= 0.3 is 0 Å². The number of phenolic OH excluding ortho intramolecular Hbond substituents is 1. The molecule has 1 aliphatic rings. The number of aromatic hydroxyl groups is 1. The van der Waals surface area contributed by atoms with E-state index in [0.717, 1.165) is 12.1 Å². The fourth-order valence-electron chi connectivity index (χ4n) is 2.31. The number of carbonyl (C=O) groups is 1. The van der Waals surface area contributed by atoms with E-state index >= 15 is 0 Å². The molecule has 22 heavy (non-hydrogen) atoms. The zero-order valence-corrected chi connectivity index (χ0v) is 11.8. The maximum Gasteiger partial charge on any atom is 0.283 e. The maximum atomic E-state index is 13.3. The van der Waals surface area contributed by atoms with Gasteiger partial charge in [-0.05, 0) is 18.2 Å². The van der Waals surface area contributed by atoms with Crippen LogP contribution in [-0.4, -0.2) is 71.2 Å². The summed E-state index contributed by atoms with van der Waals surface area (Å²) in [5.41, 5.74) is 0.101. The molecule has 1 saturated heterocycles. The van der Waals surface area contributed by atoms with Crippen LogP contribution in [-0.2, 0) is 0 Å². The lowest BCUT2D eigenvalue weighted by Gasteiger charge is -2.36. The topological polar surface area (TPSA) is 64.0 Å². The molecule has 1 amide bonds. The van der Waals surface area contributed by atoms with E-state index in [4.69, 9.17) is 10.2 Å². The summed E-state index contributed by atoms with van der Waals surface area (Å²) < 4.78 is 39.5. The van der Waals surface area contributed by atoms with Gasteiger partial charge in [0.15, 0.2) is 11.6 Å². The number of carbonyl (C=O) groups excluding carboxylic acids is 1. The van der Waals surface area contributed by atoms with Crippen LogP contribution in [0.4, 0.5) is 13.2 Å². The molecule has 0 atom stereocenters. The van der Waals surface area contributed by atoms with Gasteiger partial charge in [0.2, 0.25) is 0 Å². The lowest BCUT2D eigenvalue weighted by Crippen LogP contribution is -2.52. The standard InChI is InChI=1S/C14H17F3N2O3/c15-11-7-10(1-2-12(11)21)13(22)19-5-3-18(4-6-19)8-14(16,17)9-20/h1-2,7,20-21H,3-6,8-9H2. The minimum Gasteiger partial charge on any atom is -0.505 e. The molecule has 122 valence electrons. The van der Waals surface area contributed by atoms with Crippen molar-refractivity contribution in [2.45, 2.75) is 5.92 Å². The third-order valence-corrected chi connectivity index (χ3v) is 3.54. The molecule has 0 unspecified atom stereocenters. The Bertz CT molecular complexity index is 546. The molecule has 0 saturated carbocycles. The summed E-state index contributed by atoms with van der Waals surface area (Å²) in [5.74, 6) is -4.99. The average Bonchev–Trinajstić information content (AvgIpc) is 2.50. The second-order valence-corrected chi connectivity index (χ2v) is 5.25. The van der Waals surface area contributed by atoms with Gasteiger partial charge < -0.3 is 15.1 Å². The number of hydrogen-bond donors (Lipinski definition) is 2. The number of benzene rings is 1. The Morgan fingerprint density at radius 3 is 2.41 bits per heavy atom. The first kappa shape index (κ1) is 16.6. The molecule has 2 rings (SSSR count). The van der Waals surface area contributed by atoms with Crippen molar-refractivity contribution in [2.75, 3.05) is 39.3 Å². The highest BCUT2D eigenvalue weighted by Gasteiger charge is 2.33. The van der Waals surface area contributed by atoms with Crippen LogP contribution < -0.4 is 0 Å². The molecular weight excluding hydrogens is 301 g/mol. The Hall–Kier alpha value is -1.80. The number of phenols is 1. The van der Waals surface area contributed by atoms with E-state index in [1.54, 1.807) is 0 Å². The third-order valence-electron chi connectivity index (χ3n) is 3.54.